The third-order valence-corrected chi connectivity index (χ3v) is 3.44. The number of halogens is 2. The molecule has 0 unspecified atom stereocenters. The van der Waals surface area contributed by atoms with Gasteiger partial charge in [-0.25, -0.2) is 0 Å². The van der Waals surface area contributed by atoms with Crippen LogP contribution >= 0.6 is 24.8 Å². The van der Waals surface area contributed by atoms with Crippen molar-refractivity contribution in [2.45, 2.75) is 25.4 Å². The SMILES string of the molecule is Cl.Cl.c1cc2c(c(N[C@H]3CCOC3)c1)CNCC2. The number of fused-ring (bicyclic) bond motifs is 1. The zero-order chi connectivity index (χ0) is 10.8. The third kappa shape index (κ3) is 3.29. The van der Waals surface area contributed by atoms with E-state index in [1.54, 1.807) is 0 Å². The molecule has 1 atom stereocenters. The number of hydrogen-bond donors (Lipinski definition) is 2. The molecule has 1 saturated heterocycles. The van der Waals surface area contributed by atoms with Crippen LogP contribution in [0.2, 0.25) is 0 Å². The summed E-state index contributed by atoms with van der Waals surface area (Å²) in [5.41, 5.74) is 4.23. The molecule has 1 fully saturated rings. The standard InChI is InChI=1S/C13H18N2O.2ClH/c1-2-10-4-6-14-8-12(10)13(3-1)15-11-5-7-16-9-11;;/h1-3,11,14-15H,4-9H2;2*1H/t11-;;/m0../s1. The monoisotopic (exact) mass is 290 g/mol. The molecule has 0 bridgehead atoms. The van der Waals surface area contributed by atoms with Crippen LogP contribution in [0.25, 0.3) is 0 Å². The first kappa shape index (κ1) is 15.6. The summed E-state index contributed by atoms with van der Waals surface area (Å²) in [5, 5.41) is 7.04. The zero-order valence-corrected chi connectivity index (χ0v) is 11.9. The van der Waals surface area contributed by atoms with Crippen LogP contribution in [-0.4, -0.2) is 25.8 Å². The maximum atomic E-state index is 5.40. The smallest absolute Gasteiger partial charge is 0.0668 e. The van der Waals surface area contributed by atoms with Crippen molar-refractivity contribution in [2.75, 3.05) is 25.1 Å². The van der Waals surface area contributed by atoms with Gasteiger partial charge < -0.3 is 15.4 Å². The first-order valence-electron chi connectivity index (χ1n) is 6.09. The van der Waals surface area contributed by atoms with Crippen LogP contribution in [0.3, 0.4) is 0 Å². The van der Waals surface area contributed by atoms with Crippen molar-refractivity contribution < 1.29 is 4.74 Å². The fourth-order valence-electron chi connectivity index (χ4n) is 2.52. The lowest BCUT2D eigenvalue weighted by atomic mass is 9.99. The predicted octanol–water partition coefficient (Wildman–Crippen LogP) is 2.38. The summed E-state index contributed by atoms with van der Waals surface area (Å²) in [5.74, 6) is 0. The Bertz CT molecular complexity index is 381. The van der Waals surface area contributed by atoms with E-state index in [4.69, 9.17) is 4.74 Å². The van der Waals surface area contributed by atoms with E-state index in [2.05, 4.69) is 28.8 Å². The van der Waals surface area contributed by atoms with Crippen LogP contribution in [-0.2, 0) is 17.7 Å². The number of nitrogens with one attached hydrogen (secondary N) is 2. The van der Waals surface area contributed by atoms with Gasteiger partial charge in [0.1, 0.15) is 0 Å². The fourth-order valence-corrected chi connectivity index (χ4v) is 2.52. The first-order chi connectivity index (χ1) is 7.93. The van der Waals surface area contributed by atoms with Gasteiger partial charge >= 0.3 is 0 Å². The molecule has 0 radical (unpaired) electrons. The minimum atomic E-state index is 0. The highest BCUT2D eigenvalue weighted by Gasteiger charge is 2.18. The molecule has 2 aliphatic heterocycles. The van der Waals surface area contributed by atoms with Gasteiger partial charge in [0.2, 0.25) is 0 Å². The van der Waals surface area contributed by atoms with Crippen LogP contribution in [0.1, 0.15) is 17.5 Å². The topological polar surface area (TPSA) is 33.3 Å². The lowest BCUT2D eigenvalue weighted by Gasteiger charge is -2.22. The Labute approximate surface area is 120 Å². The molecule has 1 aromatic carbocycles. The summed E-state index contributed by atoms with van der Waals surface area (Å²) in [6.45, 7) is 3.83. The minimum Gasteiger partial charge on any atom is -0.380 e. The summed E-state index contributed by atoms with van der Waals surface area (Å²) in [4.78, 5) is 0. The van der Waals surface area contributed by atoms with E-state index in [0.29, 0.717) is 6.04 Å². The van der Waals surface area contributed by atoms with Gasteiger partial charge in [0.15, 0.2) is 0 Å². The molecular weight excluding hydrogens is 271 g/mol. The van der Waals surface area contributed by atoms with Crippen molar-refractivity contribution in [3.63, 3.8) is 0 Å². The van der Waals surface area contributed by atoms with Crippen LogP contribution in [0.15, 0.2) is 18.2 Å². The molecule has 2 N–H and O–H groups in total. The molecule has 18 heavy (non-hydrogen) atoms. The van der Waals surface area contributed by atoms with Crippen LogP contribution < -0.4 is 10.6 Å². The average Bonchev–Trinajstić information content (AvgIpc) is 2.82. The Morgan fingerprint density at radius 1 is 1.28 bits per heavy atom. The Morgan fingerprint density at radius 2 is 2.17 bits per heavy atom. The summed E-state index contributed by atoms with van der Waals surface area (Å²) in [6.07, 6.45) is 2.27. The normalized spacial score (nSPS) is 21.4. The van der Waals surface area contributed by atoms with E-state index < -0.39 is 0 Å². The second-order valence-electron chi connectivity index (χ2n) is 4.57. The van der Waals surface area contributed by atoms with Crippen molar-refractivity contribution in [3.05, 3.63) is 29.3 Å². The quantitative estimate of drug-likeness (QED) is 0.877. The van der Waals surface area contributed by atoms with Crippen LogP contribution in [0, 0.1) is 0 Å². The van der Waals surface area contributed by atoms with Gasteiger partial charge in [-0.1, -0.05) is 12.1 Å². The van der Waals surface area contributed by atoms with Gasteiger partial charge in [-0.15, -0.1) is 24.8 Å². The van der Waals surface area contributed by atoms with E-state index in [9.17, 15) is 0 Å². The maximum absolute atomic E-state index is 5.40. The zero-order valence-electron chi connectivity index (χ0n) is 10.3. The van der Waals surface area contributed by atoms with Crippen molar-refractivity contribution in [1.82, 2.24) is 5.32 Å². The summed E-state index contributed by atoms with van der Waals surface area (Å²) in [7, 11) is 0. The van der Waals surface area contributed by atoms with Crippen LogP contribution in [0.5, 0.6) is 0 Å². The number of rotatable bonds is 2. The summed E-state index contributed by atoms with van der Waals surface area (Å²) >= 11 is 0. The second kappa shape index (κ2) is 7.19. The lowest BCUT2D eigenvalue weighted by molar-refractivity contribution is 0.195. The molecule has 0 saturated carbocycles. The molecule has 102 valence electrons. The molecule has 0 aliphatic carbocycles. The summed E-state index contributed by atoms with van der Waals surface area (Å²) < 4.78 is 5.40. The minimum absolute atomic E-state index is 0. The molecule has 3 nitrogen and oxygen atoms in total. The van der Waals surface area contributed by atoms with Gasteiger partial charge in [-0.05, 0) is 36.6 Å². The van der Waals surface area contributed by atoms with Crippen molar-refractivity contribution in [2.24, 2.45) is 0 Å². The van der Waals surface area contributed by atoms with E-state index in [1.807, 2.05) is 0 Å². The Kier molecular flexibility index (Phi) is 6.22. The molecule has 0 spiro atoms. The molecule has 0 aromatic heterocycles. The van der Waals surface area contributed by atoms with Gasteiger partial charge in [0.05, 0.1) is 12.6 Å². The number of benzene rings is 1. The molecule has 2 heterocycles. The van der Waals surface area contributed by atoms with E-state index in [-0.39, 0.29) is 24.8 Å². The highest BCUT2D eigenvalue weighted by atomic mass is 35.5. The van der Waals surface area contributed by atoms with Gasteiger partial charge in [0, 0.05) is 18.8 Å². The van der Waals surface area contributed by atoms with Gasteiger partial charge in [0.25, 0.3) is 0 Å². The molecule has 1 aromatic rings. The average molecular weight is 291 g/mol. The van der Waals surface area contributed by atoms with Gasteiger partial charge in [-0.3, -0.25) is 0 Å². The van der Waals surface area contributed by atoms with E-state index >= 15 is 0 Å². The first-order valence-corrected chi connectivity index (χ1v) is 6.09. The Hall–Kier alpha value is -0.480. The summed E-state index contributed by atoms with van der Waals surface area (Å²) in [6, 6.07) is 7.08. The van der Waals surface area contributed by atoms with Crippen LogP contribution in [0.4, 0.5) is 5.69 Å². The van der Waals surface area contributed by atoms with Crippen molar-refractivity contribution in [3.8, 4) is 0 Å². The maximum Gasteiger partial charge on any atom is 0.0668 e. The number of anilines is 1. The largest absolute Gasteiger partial charge is 0.380 e. The second-order valence-corrected chi connectivity index (χ2v) is 4.57. The highest BCUT2D eigenvalue weighted by Crippen LogP contribution is 2.24. The van der Waals surface area contributed by atoms with Crippen molar-refractivity contribution >= 4 is 30.5 Å². The highest BCUT2D eigenvalue weighted by molar-refractivity contribution is 5.85. The molecular formula is C13H20Cl2N2O. The molecule has 5 heteroatoms. The fraction of sp³-hybridized carbons (Fsp3) is 0.538. The van der Waals surface area contributed by atoms with E-state index in [0.717, 1.165) is 39.1 Å². The molecule has 3 rings (SSSR count). The van der Waals surface area contributed by atoms with E-state index in [1.165, 1.54) is 16.8 Å². The van der Waals surface area contributed by atoms with Crippen molar-refractivity contribution in [1.29, 1.82) is 0 Å². The third-order valence-electron chi connectivity index (χ3n) is 3.44. The predicted molar refractivity (Wildman–Crippen MR) is 79.2 cm³/mol. The molecule has 0 amide bonds. The Balaban J connectivity index is 0.000000810. The molecule has 2 aliphatic rings. The lowest BCUT2D eigenvalue weighted by Crippen LogP contribution is -2.26. The number of hydrogen-bond acceptors (Lipinski definition) is 3. The van der Waals surface area contributed by atoms with Gasteiger partial charge in [-0.2, -0.15) is 0 Å². The Morgan fingerprint density at radius 3 is 2.94 bits per heavy atom. The number of ether oxygens (including phenoxy) is 1.